The number of anilines is 2. The number of aromatic nitrogens is 1. The first-order valence-corrected chi connectivity index (χ1v) is 10.9. The summed E-state index contributed by atoms with van der Waals surface area (Å²) < 4.78 is 7.68. The van der Waals surface area contributed by atoms with Crippen LogP contribution in [0.2, 0.25) is 0 Å². The van der Waals surface area contributed by atoms with Crippen LogP contribution < -0.4 is 29.4 Å². The molecule has 0 spiro atoms. The molecular formula is C23H26N4O2S. The van der Waals surface area contributed by atoms with E-state index in [4.69, 9.17) is 4.74 Å². The normalized spacial score (nSPS) is 13.7. The molecule has 6 nitrogen and oxygen atoms in total. The average Bonchev–Trinajstić information content (AvgIpc) is 3.10. The molecule has 0 N–H and O–H groups in total. The molecule has 0 aliphatic carbocycles. The molecule has 7 heteroatoms. The second-order valence-electron chi connectivity index (χ2n) is 7.07. The van der Waals surface area contributed by atoms with E-state index >= 15 is 0 Å². The summed E-state index contributed by atoms with van der Waals surface area (Å²) in [6.45, 7) is 7.29. The fraction of sp³-hybridized carbons (Fsp3) is 0.304. The maximum atomic E-state index is 13.0. The van der Waals surface area contributed by atoms with Gasteiger partial charge in [0.25, 0.3) is 5.56 Å². The highest BCUT2D eigenvalue weighted by molar-refractivity contribution is 7.07. The summed E-state index contributed by atoms with van der Waals surface area (Å²) in [5.74, 6) is 0.810. The van der Waals surface area contributed by atoms with Crippen LogP contribution >= 0.6 is 11.3 Å². The van der Waals surface area contributed by atoms with Crippen LogP contribution in [0.25, 0.3) is 6.08 Å². The van der Waals surface area contributed by atoms with Crippen molar-refractivity contribution in [1.82, 2.24) is 4.57 Å². The van der Waals surface area contributed by atoms with Crippen molar-refractivity contribution < 1.29 is 4.74 Å². The lowest BCUT2D eigenvalue weighted by atomic mass is 10.2. The Balaban J connectivity index is 1.60. The van der Waals surface area contributed by atoms with Gasteiger partial charge in [-0.1, -0.05) is 23.5 Å². The molecule has 1 aliphatic rings. The summed E-state index contributed by atoms with van der Waals surface area (Å²) in [6, 6.07) is 16.2. The van der Waals surface area contributed by atoms with Gasteiger partial charge in [0.2, 0.25) is 0 Å². The Labute approximate surface area is 180 Å². The van der Waals surface area contributed by atoms with Crippen LogP contribution in [0.15, 0.2) is 58.3 Å². The molecule has 3 aromatic rings. The van der Waals surface area contributed by atoms with Crippen LogP contribution in [-0.2, 0) is 6.67 Å². The smallest absolute Gasteiger partial charge is 0.271 e. The maximum Gasteiger partial charge on any atom is 0.271 e. The highest BCUT2D eigenvalue weighted by atomic mass is 32.1. The number of thiazole rings is 1. The van der Waals surface area contributed by atoms with E-state index in [1.54, 1.807) is 11.7 Å². The number of fused-ring (bicyclic) bond motifs is 1. The van der Waals surface area contributed by atoms with Gasteiger partial charge in [0, 0.05) is 24.5 Å². The Morgan fingerprint density at radius 1 is 1.10 bits per heavy atom. The molecule has 30 heavy (non-hydrogen) atoms. The van der Waals surface area contributed by atoms with Gasteiger partial charge in [0.1, 0.15) is 19.1 Å². The molecule has 4 rings (SSSR count). The zero-order valence-electron chi connectivity index (χ0n) is 17.5. The van der Waals surface area contributed by atoms with Crippen LogP contribution in [-0.4, -0.2) is 31.4 Å². The molecule has 0 radical (unpaired) electrons. The Bertz CT molecular complexity index is 1180. The zero-order valence-corrected chi connectivity index (χ0v) is 18.4. The van der Waals surface area contributed by atoms with E-state index in [1.165, 1.54) is 17.0 Å². The molecule has 2 aromatic carbocycles. The molecule has 0 fully saturated rings. The molecule has 0 saturated carbocycles. The Hall–Kier alpha value is -3.06. The molecule has 0 saturated heterocycles. The van der Waals surface area contributed by atoms with Gasteiger partial charge >= 0.3 is 0 Å². The molecule has 1 aliphatic heterocycles. The first kappa shape index (κ1) is 20.2. The Kier molecular flexibility index (Phi) is 5.90. The SMILES string of the molecule is CCN(CC)c1ccc(C=c2sc3n(c2=O)CN(c2ccc(OC)cc2)CN=3)cc1. The maximum absolute atomic E-state index is 13.0. The van der Waals surface area contributed by atoms with Crippen LogP contribution in [0, 0.1) is 0 Å². The molecular weight excluding hydrogens is 396 g/mol. The summed E-state index contributed by atoms with van der Waals surface area (Å²) in [5.41, 5.74) is 3.24. The monoisotopic (exact) mass is 422 g/mol. The number of rotatable bonds is 6. The van der Waals surface area contributed by atoms with Gasteiger partial charge in [-0.05, 0) is 61.9 Å². The molecule has 0 bridgehead atoms. The van der Waals surface area contributed by atoms with E-state index in [0.29, 0.717) is 17.9 Å². The number of hydrogen-bond donors (Lipinski definition) is 0. The van der Waals surface area contributed by atoms with E-state index in [-0.39, 0.29) is 5.56 Å². The van der Waals surface area contributed by atoms with Gasteiger partial charge in [-0.3, -0.25) is 9.36 Å². The first-order valence-electron chi connectivity index (χ1n) is 10.1. The quantitative estimate of drug-likeness (QED) is 0.613. The van der Waals surface area contributed by atoms with Crippen LogP contribution in [0.1, 0.15) is 19.4 Å². The van der Waals surface area contributed by atoms with E-state index < -0.39 is 0 Å². The summed E-state index contributed by atoms with van der Waals surface area (Å²) in [7, 11) is 1.65. The van der Waals surface area contributed by atoms with Crippen molar-refractivity contribution in [2.45, 2.75) is 20.5 Å². The van der Waals surface area contributed by atoms with Crippen molar-refractivity contribution in [3.8, 4) is 5.75 Å². The van der Waals surface area contributed by atoms with E-state index in [0.717, 1.165) is 34.9 Å². The fourth-order valence-corrected chi connectivity index (χ4v) is 4.55. The van der Waals surface area contributed by atoms with Gasteiger partial charge in [0.05, 0.1) is 11.6 Å². The largest absolute Gasteiger partial charge is 0.497 e. The topological polar surface area (TPSA) is 50.1 Å². The Morgan fingerprint density at radius 2 is 1.80 bits per heavy atom. The predicted molar refractivity (Wildman–Crippen MR) is 123 cm³/mol. The van der Waals surface area contributed by atoms with Gasteiger partial charge in [0.15, 0.2) is 4.80 Å². The summed E-state index contributed by atoms with van der Waals surface area (Å²) in [5, 5.41) is 0. The molecule has 1 aromatic heterocycles. The van der Waals surface area contributed by atoms with E-state index in [1.807, 2.05) is 30.3 Å². The van der Waals surface area contributed by atoms with E-state index in [9.17, 15) is 4.79 Å². The molecule has 0 amide bonds. The lowest BCUT2D eigenvalue weighted by Gasteiger charge is -2.25. The van der Waals surface area contributed by atoms with Crippen molar-refractivity contribution in [2.24, 2.45) is 4.99 Å². The molecule has 2 heterocycles. The van der Waals surface area contributed by atoms with Gasteiger partial charge in [-0.25, -0.2) is 4.99 Å². The molecule has 0 atom stereocenters. The third kappa shape index (κ3) is 3.98. The van der Waals surface area contributed by atoms with E-state index in [2.05, 4.69) is 52.9 Å². The summed E-state index contributed by atoms with van der Waals surface area (Å²) >= 11 is 1.45. The van der Waals surface area contributed by atoms with Gasteiger partial charge < -0.3 is 14.5 Å². The number of methoxy groups -OCH3 is 1. The lowest BCUT2D eigenvalue weighted by Crippen LogP contribution is -2.42. The van der Waals surface area contributed by atoms with Crippen molar-refractivity contribution in [2.75, 3.05) is 36.7 Å². The fourth-order valence-electron chi connectivity index (χ4n) is 3.59. The highest BCUT2D eigenvalue weighted by Crippen LogP contribution is 2.20. The number of nitrogens with zero attached hydrogens (tertiary/aromatic N) is 4. The van der Waals surface area contributed by atoms with Crippen molar-refractivity contribution in [1.29, 1.82) is 0 Å². The van der Waals surface area contributed by atoms with Gasteiger partial charge in [-0.15, -0.1) is 0 Å². The molecule has 0 unspecified atom stereocenters. The van der Waals surface area contributed by atoms with Crippen LogP contribution in [0.3, 0.4) is 0 Å². The standard InChI is InChI=1S/C23H26N4O2S/c1-4-25(5-2)18-8-6-17(7-9-18)14-21-22(28)27-16-26(15-24-23(27)30-21)19-10-12-20(29-3)13-11-19/h6-14H,4-5,15-16H2,1-3H3. The molecule has 156 valence electrons. The predicted octanol–water partition coefficient (Wildman–Crippen LogP) is 2.65. The van der Waals surface area contributed by atoms with Crippen molar-refractivity contribution in [3.63, 3.8) is 0 Å². The third-order valence-electron chi connectivity index (χ3n) is 5.33. The summed E-state index contributed by atoms with van der Waals surface area (Å²) in [6.07, 6.45) is 1.96. The van der Waals surface area contributed by atoms with Gasteiger partial charge in [-0.2, -0.15) is 0 Å². The average molecular weight is 423 g/mol. The number of hydrogen-bond acceptors (Lipinski definition) is 6. The zero-order chi connectivity index (χ0) is 21.1. The Morgan fingerprint density at radius 3 is 2.43 bits per heavy atom. The second-order valence-corrected chi connectivity index (χ2v) is 8.08. The third-order valence-corrected chi connectivity index (χ3v) is 6.38. The van der Waals surface area contributed by atoms with Crippen molar-refractivity contribution >= 4 is 28.8 Å². The highest BCUT2D eigenvalue weighted by Gasteiger charge is 2.16. The van der Waals surface area contributed by atoms with Crippen molar-refractivity contribution in [3.05, 3.63) is 73.8 Å². The van der Waals surface area contributed by atoms with Crippen LogP contribution in [0.4, 0.5) is 11.4 Å². The minimum Gasteiger partial charge on any atom is -0.497 e. The lowest BCUT2D eigenvalue weighted by molar-refractivity contribution is 0.414. The minimum atomic E-state index is 0.00443. The first-order chi connectivity index (χ1) is 14.6. The van der Waals surface area contributed by atoms with Crippen LogP contribution in [0.5, 0.6) is 5.75 Å². The number of ether oxygens (including phenoxy) is 1. The second kappa shape index (κ2) is 8.75. The number of benzene rings is 2. The summed E-state index contributed by atoms with van der Waals surface area (Å²) in [4.78, 5) is 22.8. The minimum absolute atomic E-state index is 0.00443.